The fraction of sp³-hybridized carbons (Fsp3) is 0.350. The summed E-state index contributed by atoms with van der Waals surface area (Å²) in [5, 5.41) is 3.71. The van der Waals surface area contributed by atoms with Gasteiger partial charge < -0.3 is 15.0 Å². The third-order valence-corrected chi connectivity index (χ3v) is 5.84. The van der Waals surface area contributed by atoms with E-state index in [1.54, 1.807) is 11.8 Å². The largest absolute Gasteiger partial charge is 0.378 e. The molecule has 1 aliphatic heterocycles. The molecule has 1 aliphatic rings. The summed E-state index contributed by atoms with van der Waals surface area (Å²) in [5.41, 5.74) is 1.65. The monoisotopic (exact) mass is 390 g/mol. The highest BCUT2D eigenvalue weighted by atomic mass is 35.5. The summed E-state index contributed by atoms with van der Waals surface area (Å²) < 4.78 is 5.42. The second kappa shape index (κ2) is 9.31. The number of amides is 1. The molecule has 1 amide bonds. The summed E-state index contributed by atoms with van der Waals surface area (Å²) in [6, 6.07) is 15.8. The SMILES string of the molecule is CC(CSc1ccccc1)C(=O)Nc1cccc(Cl)c1N1CCOCC1. The van der Waals surface area contributed by atoms with Gasteiger partial charge >= 0.3 is 0 Å². The number of anilines is 2. The van der Waals surface area contributed by atoms with Gasteiger partial charge in [-0.15, -0.1) is 11.8 Å². The molecular weight excluding hydrogens is 368 g/mol. The average molecular weight is 391 g/mol. The molecule has 2 aromatic rings. The highest BCUT2D eigenvalue weighted by molar-refractivity contribution is 7.99. The second-order valence-electron chi connectivity index (χ2n) is 6.25. The zero-order valence-corrected chi connectivity index (χ0v) is 16.4. The minimum atomic E-state index is -0.114. The van der Waals surface area contributed by atoms with Crippen LogP contribution in [-0.2, 0) is 9.53 Å². The van der Waals surface area contributed by atoms with Gasteiger partial charge in [-0.05, 0) is 24.3 Å². The van der Waals surface area contributed by atoms with Crippen LogP contribution in [0.25, 0.3) is 0 Å². The number of carbonyl (C=O) groups excluding carboxylic acids is 1. The van der Waals surface area contributed by atoms with Crippen LogP contribution in [0.2, 0.25) is 5.02 Å². The normalized spacial score (nSPS) is 15.5. The van der Waals surface area contributed by atoms with Crippen LogP contribution in [0.1, 0.15) is 6.92 Å². The first-order valence-corrected chi connectivity index (χ1v) is 10.1. The van der Waals surface area contributed by atoms with Crippen molar-refractivity contribution in [2.45, 2.75) is 11.8 Å². The van der Waals surface area contributed by atoms with E-state index < -0.39 is 0 Å². The van der Waals surface area contributed by atoms with Crippen LogP contribution >= 0.6 is 23.4 Å². The van der Waals surface area contributed by atoms with Crippen molar-refractivity contribution in [2.24, 2.45) is 5.92 Å². The van der Waals surface area contributed by atoms with Crippen molar-refractivity contribution in [1.29, 1.82) is 0 Å². The summed E-state index contributed by atoms with van der Waals surface area (Å²) in [6.45, 7) is 4.83. The van der Waals surface area contributed by atoms with Crippen molar-refractivity contribution >= 4 is 40.6 Å². The number of para-hydroxylation sites is 1. The average Bonchev–Trinajstić information content (AvgIpc) is 2.67. The van der Waals surface area contributed by atoms with E-state index in [0.29, 0.717) is 18.2 Å². The van der Waals surface area contributed by atoms with Gasteiger partial charge in [0.2, 0.25) is 5.91 Å². The lowest BCUT2D eigenvalue weighted by Gasteiger charge is -2.31. The fourth-order valence-corrected chi connectivity index (χ4v) is 4.03. The van der Waals surface area contributed by atoms with E-state index in [0.717, 1.165) is 30.2 Å². The summed E-state index contributed by atoms with van der Waals surface area (Å²) >= 11 is 8.12. The van der Waals surface area contributed by atoms with Crippen LogP contribution < -0.4 is 10.2 Å². The van der Waals surface area contributed by atoms with E-state index in [4.69, 9.17) is 16.3 Å². The number of ether oxygens (including phenoxy) is 1. The maximum Gasteiger partial charge on any atom is 0.228 e. The van der Waals surface area contributed by atoms with Gasteiger partial charge in [0, 0.05) is 29.7 Å². The number of hydrogen-bond acceptors (Lipinski definition) is 4. The van der Waals surface area contributed by atoms with Crippen molar-refractivity contribution in [3.8, 4) is 0 Å². The molecule has 26 heavy (non-hydrogen) atoms. The van der Waals surface area contributed by atoms with Crippen LogP contribution in [0, 0.1) is 5.92 Å². The van der Waals surface area contributed by atoms with Crippen LogP contribution in [-0.4, -0.2) is 38.0 Å². The molecule has 1 saturated heterocycles. The summed E-state index contributed by atoms with van der Waals surface area (Å²) in [5.74, 6) is 0.616. The number of halogens is 1. The second-order valence-corrected chi connectivity index (χ2v) is 7.75. The number of benzene rings is 2. The van der Waals surface area contributed by atoms with E-state index >= 15 is 0 Å². The van der Waals surface area contributed by atoms with Crippen molar-refractivity contribution in [3.05, 3.63) is 53.6 Å². The Balaban J connectivity index is 1.65. The molecule has 1 N–H and O–H groups in total. The molecule has 2 aromatic carbocycles. The minimum absolute atomic E-state index is 0.00482. The molecular formula is C20H23ClN2O2S. The maximum absolute atomic E-state index is 12.7. The van der Waals surface area contributed by atoms with Crippen LogP contribution in [0.4, 0.5) is 11.4 Å². The molecule has 0 bridgehead atoms. The highest BCUT2D eigenvalue weighted by Crippen LogP contribution is 2.35. The molecule has 1 atom stereocenters. The standard InChI is InChI=1S/C20H23ClN2O2S/c1-15(14-26-16-6-3-2-4-7-16)20(24)22-18-9-5-8-17(21)19(18)23-10-12-25-13-11-23/h2-9,15H,10-14H2,1H3,(H,22,24). The van der Waals surface area contributed by atoms with E-state index in [1.807, 2.05) is 43.3 Å². The number of thioether (sulfide) groups is 1. The van der Waals surface area contributed by atoms with E-state index in [-0.39, 0.29) is 11.8 Å². The first-order chi connectivity index (χ1) is 12.6. The maximum atomic E-state index is 12.7. The predicted molar refractivity (Wildman–Crippen MR) is 109 cm³/mol. The Bertz CT molecular complexity index is 736. The molecule has 3 rings (SSSR count). The van der Waals surface area contributed by atoms with Gasteiger partial charge in [0.05, 0.1) is 29.6 Å². The molecule has 138 valence electrons. The van der Waals surface area contributed by atoms with E-state index in [2.05, 4.69) is 22.3 Å². The van der Waals surface area contributed by atoms with Crippen molar-refractivity contribution in [1.82, 2.24) is 0 Å². The van der Waals surface area contributed by atoms with Crippen molar-refractivity contribution in [2.75, 3.05) is 42.3 Å². The Morgan fingerprint density at radius 2 is 1.92 bits per heavy atom. The van der Waals surface area contributed by atoms with Crippen LogP contribution in [0.15, 0.2) is 53.4 Å². The Labute approximate surface area is 163 Å². The van der Waals surface area contributed by atoms with Gasteiger partial charge in [-0.25, -0.2) is 0 Å². The van der Waals surface area contributed by atoms with Gasteiger partial charge in [-0.2, -0.15) is 0 Å². The molecule has 6 heteroatoms. The smallest absolute Gasteiger partial charge is 0.228 e. The Hall–Kier alpha value is -1.69. The number of nitrogens with one attached hydrogen (secondary N) is 1. The van der Waals surface area contributed by atoms with Crippen LogP contribution in [0.3, 0.4) is 0 Å². The minimum Gasteiger partial charge on any atom is -0.378 e. The molecule has 0 aliphatic carbocycles. The van der Waals surface area contributed by atoms with E-state index in [1.165, 1.54) is 4.90 Å². The third-order valence-electron chi connectivity index (χ3n) is 4.26. The highest BCUT2D eigenvalue weighted by Gasteiger charge is 2.21. The first-order valence-electron chi connectivity index (χ1n) is 8.75. The molecule has 1 heterocycles. The Kier molecular flexibility index (Phi) is 6.83. The van der Waals surface area contributed by atoms with Crippen molar-refractivity contribution in [3.63, 3.8) is 0 Å². The van der Waals surface area contributed by atoms with Gasteiger partial charge in [-0.1, -0.05) is 42.8 Å². The molecule has 0 spiro atoms. The molecule has 0 saturated carbocycles. The number of rotatable bonds is 6. The molecule has 1 fully saturated rings. The van der Waals surface area contributed by atoms with Crippen LogP contribution in [0.5, 0.6) is 0 Å². The predicted octanol–water partition coefficient (Wildman–Crippen LogP) is 4.54. The number of morpholine rings is 1. The summed E-state index contributed by atoms with van der Waals surface area (Å²) in [6.07, 6.45) is 0. The molecule has 0 aromatic heterocycles. The first kappa shape index (κ1) is 19.1. The number of nitrogens with zero attached hydrogens (tertiary/aromatic N) is 1. The van der Waals surface area contributed by atoms with Gasteiger partial charge in [0.1, 0.15) is 0 Å². The number of hydrogen-bond donors (Lipinski definition) is 1. The van der Waals surface area contributed by atoms with E-state index in [9.17, 15) is 4.79 Å². The third kappa shape index (κ3) is 4.93. The lowest BCUT2D eigenvalue weighted by Crippen LogP contribution is -2.37. The molecule has 0 radical (unpaired) electrons. The Morgan fingerprint density at radius 3 is 2.65 bits per heavy atom. The zero-order valence-electron chi connectivity index (χ0n) is 14.8. The number of carbonyl (C=O) groups is 1. The van der Waals surface area contributed by atoms with Gasteiger partial charge in [0.25, 0.3) is 0 Å². The molecule has 4 nitrogen and oxygen atoms in total. The summed E-state index contributed by atoms with van der Waals surface area (Å²) in [7, 11) is 0. The van der Waals surface area contributed by atoms with Crippen molar-refractivity contribution < 1.29 is 9.53 Å². The summed E-state index contributed by atoms with van der Waals surface area (Å²) in [4.78, 5) is 16.0. The van der Waals surface area contributed by atoms with Gasteiger partial charge in [0.15, 0.2) is 0 Å². The Morgan fingerprint density at radius 1 is 1.19 bits per heavy atom. The quantitative estimate of drug-likeness (QED) is 0.735. The van der Waals surface area contributed by atoms with Gasteiger partial charge in [-0.3, -0.25) is 4.79 Å². The lowest BCUT2D eigenvalue weighted by atomic mass is 10.1. The molecule has 1 unspecified atom stereocenters. The topological polar surface area (TPSA) is 41.6 Å². The lowest BCUT2D eigenvalue weighted by molar-refractivity contribution is -0.118. The zero-order chi connectivity index (χ0) is 18.4. The fourth-order valence-electron chi connectivity index (χ4n) is 2.79.